The van der Waals surface area contributed by atoms with E-state index in [1.807, 2.05) is 0 Å². The number of ether oxygens (including phenoxy) is 1. The Morgan fingerprint density at radius 2 is 1.89 bits per heavy atom. The van der Waals surface area contributed by atoms with Crippen LogP contribution in [0.3, 0.4) is 0 Å². The van der Waals surface area contributed by atoms with Gasteiger partial charge in [0.15, 0.2) is 0 Å². The minimum Gasteiger partial charge on any atom is -0.490 e. The Morgan fingerprint density at radius 1 is 1.16 bits per heavy atom. The molecule has 0 heterocycles. The van der Waals surface area contributed by atoms with Crippen LogP contribution in [0.1, 0.15) is 58.4 Å². The molecule has 1 aromatic carbocycles. The summed E-state index contributed by atoms with van der Waals surface area (Å²) in [6, 6.07) is 8.51. The molecule has 2 nitrogen and oxygen atoms in total. The summed E-state index contributed by atoms with van der Waals surface area (Å²) in [5.74, 6) is 1.03. The lowest BCUT2D eigenvalue weighted by Gasteiger charge is -2.24. The van der Waals surface area contributed by atoms with Gasteiger partial charge in [-0.25, -0.2) is 0 Å². The summed E-state index contributed by atoms with van der Waals surface area (Å²) in [5, 5.41) is 3.51. The van der Waals surface area contributed by atoms with Crippen molar-refractivity contribution < 1.29 is 4.74 Å². The van der Waals surface area contributed by atoms with Crippen molar-refractivity contribution in [1.29, 1.82) is 0 Å². The molecule has 1 N–H and O–H groups in total. The molecule has 0 bridgehead atoms. The number of rotatable bonds is 4. The van der Waals surface area contributed by atoms with Gasteiger partial charge in [-0.15, -0.1) is 0 Å². The molecule has 0 atom stereocenters. The Kier molecular flexibility index (Phi) is 4.87. The third-order valence-electron chi connectivity index (χ3n) is 3.58. The van der Waals surface area contributed by atoms with Crippen LogP contribution in [0, 0.1) is 0 Å². The van der Waals surface area contributed by atoms with Crippen LogP contribution in [-0.2, 0) is 6.54 Å². The first-order valence-electron chi connectivity index (χ1n) is 7.53. The van der Waals surface area contributed by atoms with Gasteiger partial charge >= 0.3 is 0 Å². The van der Waals surface area contributed by atoms with Crippen molar-refractivity contribution in [3.05, 3.63) is 29.8 Å². The summed E-state index contributed by atoms with van der Waals surface area (Å²) in [4.78, 5) is 0. The van der Waals surface area contributed by atoms with Crippen LogP contribution < -0.4 is 10.1 Å². The predicted octanol–water partition coefficient (Wildman–Crippen LogP) is 4.29. The summed E-state index contributed by atoms with van der Waals surface area (Å²) >= 11 is 0. The monoisotopic (exact) mass is 261 g/mol. The molecular formula is C17H27NO. The molecule has 0 spiro atoms. The van der Waals surface area contributed by atoms with Crippen molar-refractivity contribution in [2.24, 2.45) is 0 Å². The summed E-state index contributed by atoms with van der Waals surface area (Å²) < 4.78 is 6.10. The van der Waals surface area contributed by atoms with Gasteiger partial charge in [-0.1, -0.05) is 18.6 Å². The summed E-state index contributed by atoms with van der Waals surface area (Å²) in [6.45, 7) is 7.46. The van der Waals surface area contributed by atoms with E-state index in [2.05, 4.69) is 50.4 Å². The van der Waals surface area contributed by atoms with Gasteiger partial charge in [-0.2, -0.15) is 0 Å². The van der Waals surface area contributed by atoms with Gasteiger partial charge in [0.1, 0.15) is 5.75 Å². The molecule has 0 amide bonds. The number of hydrogen-bond donors (Lipinski definition) is 1. The van der Waals surface area contributed by atoms with Gasteiger partial charge in [0, 0.05) is 12.1 Å². The summed E-state index contributed by atoms with van der Waals surface area (Å²) in [6.07, 6.45) is 6.86. The highest BCUT2D eigenvalue weighted by Crippen LogP contribution is 2.24. The zero-order valence-electron chi connectivity index (χ0n) is 12.5. The Labute approximate surface area is 117 Å². The first-order chi connectivity index (χ1) is 9.03. The van der Waals surface area contributed by atoms with E-state index in [0.717, 1.165) is 12.3 Å². The molecule has 1 aliphatic rings. The third kappa shape index (κ3) is 5.23. The molecule has 0 unspecified atom stereocenters. The molecule has 1 fully saturated rings. The molecule has 0 radical (unpaired) electrons. The second-order valence-electron chi connectivity index (χ2n) is 6.63. The fourth-order valence-electron chi connectivity index (χ4n) is 2.47. The lowest BCUT2D eigenvalue weighted by atomic mass is 9.98. The van der Waals surface area contributed by atoms with Crippen molar-refractivity contribution in [2.75, 3.05) is 0 Å². The minimum atomic E-state index is 0.153. The lowest BCUT2D eigenvalue weighted by molar-refractivity contribution is 0.155. The molecule has 0 aromatic heterocycles. The van der Waals surface area contributed by atoms with Crippen molar-refractivity contribution in [1.82, 2.24) is 5.32 Å². The highest BCUT2D eigenvalue weighted by atomic mass is 16.5. The fourth-order valence-corrected chi connectivity index (χ4v) is 2.47. The molecule has 1 aromatic rings. The molecule has 1 saturated carbocycles. The van der Waals surface area contributed by atoms with E-state index in [1.165, 1.54) is 37.7 Å². The van der Waals surface area contributed by atoms with Gasteiger partial charge in [-0.3, -0.25) is 0 Å². The van der Waals surface area contributed by atoms with Crippen molar-refractivity contribution >= 4 is 0 Å². The second kappa shape index (κ2) is 6.42. The van der Waals surface area contributed by atoms with Crippen molar-refractivity contribution in [3.8, 4) is 5.75 Å². The maximum Gasteiger partial charge on any atom is 0.120 e. The first-order valence-corrected chi connectivity index (χ1v) is 7.53. The van der Waals surface area contributed by atoms with E-state index in [4.69, 9.17) is 4.74 Å². The van der Waals surface area contributed by atoms with Crippen LogP contribution in [0.4, 0.5) is 0 Å². The normalized spacial score (nSPS) is 17.4. The molecule has 106 valence electrons. The van der Waals surface area contributed by atoms with Crippen molar-refractivity contribution in [3.63, 3.8) is 0 Å². The molecule has 0 aliphatic heterocycles. The van der Waals surface area contributed by atoms with Crippen molar-refractivity contribution in [2.45, 2.75) is 71.1 Å². The smallest absolute Gasteiger partial charge is 0.120 e. The maximum absolute atomic E-state index is 6.10. The Morgan fingerprint density at radius 3 is 2.58 bits per heavy atom. The molecule has 1 aliphatic carbocycles. The SMILES string of the molecule is CC(C)(C)NCc1cccc(OC2CCCCC2)c1. The number of benzene rings is 1. The zero-order valence-corrected chi connectivity index (χ0v) is 12.5. The van der Waals surface area contributed by atoms with Gasteiger partial charge in [0.2, 0.25) is 0 Å². The molecule has 0 saturated heterocycles. The van der Waals surface area contributed by atoms with Gasteiger partial charge in [0.25, 0.3) is 0 Å². The van der Waals surface area contributed by atoms with Crippen LogP contribution >= 0.6 is 0 Å². The van der Waals surface area contributed by atoms with E-state index >= 15 is 0 Å². The number of hydrogen-bond acceptors (Lipinski definition) is 2. The summed E-state index contributed by atoms with van der Waals surface area (Å²) in [7, 11) is 0. The molecule has 19 heavy (non-hydrogen) atoms. The standard InChI is InChI=1S/C17H27NO/c1-17(2,3)18-13-14-8-7-11-16(12-14)19-15-9-5-4-6-10-15/h7-8,11-12,15,18H,4-6,9-10,13H2,1-3H3. The van der Waals surface area contributed by atoms with Crippen LogP contribution in [0.25, 0.3) is 0 Å². The van der Waals surface area contributed by atoms with Gasteiger partial charge in [0.05, 0.1) is 6.10 Å². The zero-order chi connectivity index (χ0) is 13.7. The van der Waals surface area contributed by atoms with Crippen LogP contribution in [0.15, 0.2) is 24.3 Å². The van der Waals surface area contributed by atoms with Gasteiger partial charge in [-0.05, 0) is 64.2 Å². The maximum atomic E-state index is 6.10. The van der Waals surface area contributed by atoms with Crippen LogP contribution in [0.2, 0.25) is 0 Å². The topological polar surface area (TPSA) is 21.3 Å². The van der Waals surface area contributed by atoms with Crippen LogP contribution in [-0.4, -0.2) is 11.6 Å². The number of nitrogens with one attached hydrogen (secondary N) is 1. The Bertz CT molecular complexity index is 388. The third-order valence-corrected chi connectivity index (χ3v) is 3.58. The van der Waals surface area contributed by atoms with E-state index in [9.17, 15) is 0 Å². The highest BCUT2D eigenvalue weighted by molar-refractivity contribution is 5.28. The first kappa shape index (κ1) is 14.4. The second-order valence-corrected chi connectivity index (χ2v) is 6.63. The Balaban J connectivity index is 1.90. The largest absolute Gasteiger partial charge is 0.490 e. The lowest BCUT2D eigenvalue weighted by Crippen LogP contribution is -2.35. The molecule has 2 heteroatoms. The fraction of sp³-hybridized carbons (Fsp3) is 0.647. The molecular weight excluding hydrogens is 234 g/mol. The quantitative estimate of drug-likeness (QED) is 0.873. The Hall–Kier alpha value is -1.02. The minimum absolute atomic E-state index is 0.153. The average Bonchev–Trinajstić information content (AvgIpc) is 2.37. The van der Waals surface area contributed by atoms with E-state index in [1.54, 1.807) is 0 Å². The van der Waals surface area contributed by atoms with E-state index in [0.29, 0.717) is 6.10 Å². The van der Waals surface area contributed by atoms with Gasteiger partial charge < -0.3 is 10.1 Å². The highest BCUT2D eigenvalue weighted by Gasteiger charge is 2.15. The summed E-state index contributed by atoms with van der Waals surface area (Å²) in [5.41, 5.74) is 1.45. The molecule has 2 rings (SSSR count). The predicted molar refractivity (Wildman–Crippen MR) is 80.5 cm³/mol. The van der Waals surface area contributed by atoms with E-state index in [-0.39, 0.29) is 5.54 Å². The van der Waals surface area contributed by atoms with Crippen LogP contribution in [0.5, 0.6) is 5.75 Å². The van der Waals surface area contributed by atoms with E-state index < -0.39 is 0 Å². The average molecular weight is 261 g/mol.